The molecule has 94 valence electrons. The summed E-state index contributed by atoms with van der Waals surface area (Å²) in [7, 11) is 0. The van der Waals surface area contributed by atoms with Gasteiger partial charge in [-0.25, -0.2) is 19.3 Å². The molecule has 1 aliphatic rings. The molecule has 0 unspecified atom stereocenters. The highest BCUT2D eigenvalue weighted by atomic mass is 19.1. The molecule has 2 aromatic heterocycles. The van der Waals surface area contributed by atoms with Crippen molar-refractivity contribution in [2.45, 2.75) is 18.8 Å². The molecule has 18 heavy (non-hydrogen) atoms. The van der Waals surface area contributed by atoms with Gasteiger partial charge in [-0.1, -0.05) is 0 Å². The zero-order valence-corrected chi connectivity index (χ0v) is 9.19. The fourth-order valence-electron chi connectivity index (χ4n) is 1.94. The van der Waals surface area contributed by atoms with Gasteiger partial charge in [-0.05, 0) is 0 Å². The molecule has 0 amide bonds. The van der Waals surface area contributed by atoms with Gasteiger partial charge in [0, 0.05) is 6.42 Å². The van der Waals surface area contributed by atoms with Gasteiger partial charge in [0.2, 0.25) is 0 Å². The quantitative estimate of drug-likeness (QED) is 0.765. The highest BCUT2D eigenvalue weighted by Crippen LogP contribution is 2.33. The number of nitrogens with zero attached hydrogens (tertiary/aromatic N) is 4. The number of ether oxygens (including phenoxy) is 1. The summed E-state index contributed by atoms with van der Waals surface area (Å²) < 4.78 is 19.3. The van der Waals surface area contributed by atoms with E-state index in [1.165, 1.54) is 12.7 Å². The van der Waals surface area contributed by atoms with Crippen molar-refractivity contribution in [3.63, 3.8) is 0 Å². The number of aromatic nitrogens is 4. The van der Waals surface area contributed by atoms with Crippen LogP contribution in [0.4, 0.5) is 10.2 Å². The second-order valence-corrected chi connectivity index (χ2v) is 3.92. The first-order chi connectivity index (χ1) is 8.70. The number of hydrogen-bond acceptors (Lipinski definition) is 6. The normalized spacial score (nSPS) is 25.8. The summed E-state index contributed by atoms with van der Waals surface area (Å²) in [5.74, 6) is 0.169. The summed E-state index contributed by atoms with van der Waals surface area (Å²) >= 11 is 0. The van der Waals surface area contributed by atoms with Crippen LogP contribution in [0.2, 0.25) is 0 Å². The molecule has 1 fully saturated rings. The summed E-state index contributed by atoms with van der Waals surface area (Å²) in [4.78, 5) is 12.0. The molecule has 0 radical (unpaired) electrons. The van der Waals surface area contributed by atoms with Gasteiger partial charge in [0.1, 0.15) is 30.6 Å². The van der Waals surface area contributed by atoms with Gasteiger partial charge in [0.25, 0.3) is 0 Å². The van der Waals surface area contributed by atoms with E-state index >= 15 is 0 Å². The van der Waals surface area contributed by atoms with Crippen molar-refractivity contribution in [2.75, 3.05) is 5.73 Å². The maximum absolute atomic E-state index is 12.4. The fraction of sp³-hybridized carbons (Fsp3) is 0.300. The van der Waals surface area contributed by atoms with Crippen LogP contribution in [0.5, 0.6) is 0 Å². The zero-order valence-electron chi connectivity index (χ0n) is 9.19. The molecule has 3 N–H and O–H groups in total. The summed E-state index contributed by atoms with van der Waals surface area (Å²) in [5.41, 5.74) is 6.60. The Morgan fingerprint density at radius 1 is 1.50 bits per heavy atom. The molecule has 2 aromatic rings. The summed E-state index contributed by atoms with van der Waals surface area (Å²) in [6, 6.07) is 0. The fourth-order valence-corrected chi connectivity index (χ4v) is 1.94. The maximum atomic E-state index is 12.4. The monoisotopic (exact) mass is 251 g/mol. The van der Waals surface area contributed by atoms with Crippen LogP contribution >= 0.6 is 0 Å². The number of nitrogen functional groups attached to an aromatic ring is 1. The Labute approximate surface area is 101 Å². The van der Waals surface area contributed by atoms with Crippen molar-refractivity contribution in [2.24, 2.45) is 0 Å². The van der Waals surface area contributed by atoms with Gasteiger partial charge in [-0.15, -0.1) is 0 Å². The second kappa shape index (κ2) is 3.91. The Morgan fingerprint density at radius 3 is 3.06 bits per heavy atom. The first-order valence-electron chi connectivity index (χ1n) is 5.28. The average Bonchev–Trinajstić information content (AvgIpc) is 2.93. The minimum atomic E-state index is -0.961. The van der Waals surface area contributed by atoms with Crippen molar-refractivity contribution >= 4 is 17.0 Å². The smallest absolute Gasteiger partial charge is 0.181 e. The summed E-state index contributed by atoms with van der Waals surface area (Å²) in [6.07, 6.45) is 1.76. The zero-order chi connectivity index (χ0) is 12.7. The van der Waals surface area contributed by atoms with E-state index in [0.717, 1.165) is 0 Å². The van der Waals surface area contributed by atoms with Crippen molar-refractivity contribution in [3.8, 4) is 0 Å². The molecule has 3 heterocycles. The van der Waals surface area contributed by atoms with Crippen molar-refractivity contribution in [3.05, 3.63) is 24.7 Å². The number of fused-ring (bicyclic) bond motifs is 1. The van der Waals surface area contributed by atoms with Crippen LogP contribution in [0.25, 0.3) is 11.2 Å². The number of imidazole rings is 1. The van der Waals surface area contributed by atoms with Crippen LogP contribution < -0.4 is 5.73 Å². The number of aliphatic hydroxyl groups is 1. The van der Waals surface area contributed by atoms with E-state index in [-0.39, 0.29) is 24.3 Å². The first-order valence-corrected chi connectivity index (χ1v) is 5.28. The maximum Gasteiger partial charge on any atom is 0.181 e. The minimum Gasteiger partial charge on any atom is -0.469 e. The Morgan fingerprint density at radius 2 is 2.33 bits per heavy atom. The molecule has 3 rings (SSSR count). The van der Waals surface area contributed by atoms with E-state index in [1.54, 1.807) is 4.57 Å². The third kappa shape index (κ3) is 1.50. The molecule has 0 aromatic carbocycles. The van der Waals surface area contributed by atoms with Crippen molar-refractivity contribution in [1.82, 2.24) is 19.5 Å². The van der Waals surface area contributed by atoms with E-state index in [2.05, 4.69) is 15.0 Å². The second-order valence-electron chi connectivity index (χ2n) is 3.92. The van der Waals surface area contributed by atoms with E-state index < -0.39 is 12.3 Å². The predicted octanol–water partition coefficient (Wildman–Crippen LogP) is 0.499. The molecular weight excluding hydrogens is 241 g/mol. The average molecular weight is 251 g/mol. The van der Waals surface area contributed by atoms with E-state index in [4.69, 9.17) is 10.5 Å². The molecule has 0 spiro atoms. The number of aliphatic hydroxyl groups excluding tert-OH is 1. The van der Waals surface area contributed by atoms with Gasteiger partial charge in [0.05, 0.1) is 0 Å². The van der Waals surface area contributed by atoms with Crippen molar-refractivity contribution < 1.29 is 14.2 Å². The Bertz CT molecular complexity index is 626. The standard InChI is InChI=1S/C10H10FN5O2/c11-2-6-5(17)1-7(18-6)16-4-15-8-9(12)13-3-14-10(8)16/h2-5,7,17H,1H2,(H2,12,13,14)/t5-,7+/m0/s1. The Balaban J connectivity index is 2.04. The van der Waals surface area contributed by atoms with Crippen LogP contribution in [-0.4, -0.2) is 30.7 Å². The lowest BCUT2D eigenvalue weighted by Gasteiger charge is -2.11. The van der Waals surface area contributed by atoms with Gasteiger partial charge in [-0.2, -0.15) is 0 Å². The van der Waals surface area contributed by atoms with Crippen LogP contribution in [0.3, 0.4) is 0 Å². The van der Waals surface area contributed by atoms with E-state index in [0.29, 0.717) is 11.2 Å². The van der Waals surface area contributed by atoms with Gasteiger partial charge in [0.15, 0.2) is 23.5 Å². The number of nitrogens with two attached hydrogens (primary N) is 1. The van der Waals surface area contributed by atoms with Gasteiger partial charge < -0.3 is 15.6 Å². The van der Waals surface area contributed by atoms with E-state index in [9.17, 15) is 9.50 Å². The minimum absolute atomic E-state index is 0.0936. The lowest BCUT2D eigenvalue weighted by molar-refractivity contribution is 0.0977. The van der Waals surface area contributed by atoms with Gasteiger partial charge >= 0.3 is 0 Å². The molecule has 8 heteroatoms. The molecule has 1 aliphatic heterocycles. The molecule has 0 bridgehead atoms. The molecular formula is C10H10FN5O2. The van der Waals surface area contributed by atoms with Crippen LogP contribution in [0.1, 0.15) is 12.6 Å². The van der Waals surface area contributed by atoms with E-state index in [1.807, 2.05) is 0 Å². The van der Waals surface area contributed by atoms with Crippen LogP contribution in [0, 0.1) is 0 Å². The molecule has 1 saturated heterocycles. The number of hydrogen-bond donors (Lipinski definition) is 2. The van der Waals surface area contributed by atoms with Gasteiger partial charge in [-0.3, -0.25) is 4.57 Å². The summed E-state index contributed by atoms with van der Waals surface area (Å²) in [6.45, 7) is 0. The lowest BCUT2D eigenvalue weighted by Crippen LogP contribution is -2.08. The molecule has 7 nitrogen and oxygen atoms in total. The Hall–Kier alpha value is -2.22. The summed E-state index contributed by atoms with van der Waals surface area (Å²) in [5, 5.41) is 9.56. The topological polar surface area (TPSA) is 99.1 Å². The predicted molar refractivity (Wildman–Crippen MR) is 59.7 cm³/mol. The van der Waals surface area contributed by atoms with Crippen LogP contribution in [-0.2, 0) is 4.74 Å². The lowest BCUT2D eigenvalue weighted by atomic mass is 10.2. The van der Waals surface area contributed by atoms with Crippen molar-refractivity contribution in [1.29, 1.82) is 0 Å². The number of halogens is 1. The molecule has 2 atom stereocenters. The third-order valence-corrected chi connectivity index (χ3v) is 2.83. The molecule has 0 aliphatic carbocycles. The first kappa shape index (κ1) is 10.9. The highest BCUT2D eigenvalue weighted by Gasteiger charge is 2.32. The number of anilines is 1. The third-order valence-electron chi connectivity index (χ3n) is 2.83. The Kier molecular flexibility index (Phi) is 2.37. The largest absolute Gasteiger partial charge is 0.469 e. The molecule has 0 saturated carbocycles. The van der Waals surface area contributed by atoms with Crippen LogP contribution in [0.15, 0.2) is 24.7 Å². The highest BCUT2D eigenvalue weighted by molar-refractivity contribution is 5.81. The number of rotatable bonds is 1. The SMILES string of the molecule is Nc1ncnc2c1ncn2[C@H]1C[C@H](O)C(=CF)O1.